The number of benzene rings is 1. The molecule has 2 aromatic rings. The van der Waals surface area contributed by atoms with Gasteiger partial charge in [-0.1, -0.05) is 6.08 Å². The molecule has 0 aliphatic rings. The van der Waals surface area contributed by atoms with Crippen molar-refractivity contribution in [3.63, 3.8) is 0 Å². The van der Waals surface area contributed by atoms with Crippen molar-refractivity contribution in [3.05, 3.63) is 59.4 Å². The number of aryl methyl sites for hydroxylation is 1. The van der Waals surface area contributed by atoms with Crippen LogP contribution in [0.1, 0.15) is 32.1 Å². The Bertz CT molecular complexity index is 835. The largest absolute Gasteiger partial charge is 0.493 e. The number of ketones is 1. The summed E-state index contributed by atoms with van der Waals surface area (Å²) in [4.78, 5) is 24.7. The maximum Gasteiger partial charge on any atom is 0.338 e. The molecule has 0 saturated carbocycles. The highest BCUT2D eigenvalue weighted by molar-refractivity contribution is 6.00. The number of carbonyl (C=O) groups is 2. The van der Waals surface area contributed by atoms with Crippen molar-refractivity contribution in [2.75, 3.05) is 20.8 Å². The van der Waals surface area contributed by atoms with E-state index in [1.807, 2.05) is 18.4 Å². The molecule has 0 spiro atoms. The number of allylic oxidation sites excluding steroid dienone is 1. The number of hydrogen-bond acceptors (Lipinski definition) is 5. The summed E-state index contributed by atoms with van der Waals surface area (Å²) >= 11 is 0. The first kappa shape index (κ1) is 19.3. The van der Waals surface area contributed by atoms with E-state index in [-0.39, 0.29) is 18.0 Å². The Morgan fingerprint density at radius 3 is 2.42 bits per heavy atom. The predicted molar refractivity (Wildman–Crippen MR) is 98.3 cm³/mol. The van der Waals surface area contributed by atoms with E-state index in [4.69, 9.17) is 14.2 Å². The van der Waals surface area contributed by atoms with Gasteiger partial charge in [0.05, 0.1) is 19.8 Å². The summed E-state index contributed by atoms with van der Waals surface area (Å²) in [5.41, 5.74) is 2.61. The van der Waals surface area contributed by atoms with Gasteiger partial charge in [-0.05, 0) is 38.1 Å². The Hall–Kier alpha value is -3.02. The van der Waals surface area contributed by atoms with Crippen LogP contribution >= 0.6 is 0 Å². The summed E-state index contributed by atoms with van der Waals surface area (Å²) in [5, 5.41) is 0. The van der Waals surface area contributed by atoms with Crippen LogP contribution in [-0.2, 0) is 11.3 Å². The van der Waals surface area contributed by atoms with Crippen LogP contribution in [0.3, 0.4) is 0 Å². The van der Waals surface area contributed by atoms with Crippen molar-refractivity contribution in [1.82, 2.24) is 4.57 Å². The van der Waals surface area contributed by atoms with Crippen molar-refractivity contribution in [3.8, 4) is 11.5 Å². The second-order valence-corrected chi connectivity index (χ2v) is 5.75. The van der Waals surface area contributed by atoms with Gasteiger partial charge in [0.1, 0.15) is 0 Å². The molecule has 0 atom stereocenters. The Labute approximate surface area is 153 Å². The summed E-state index contributed by atoms with van der Waals surface area (Å²) in [6.07, 6.45) is 1.77. The second-order valence-electron chi connectivity index (χ2n) is 5.75. The third kappa shape index (κ3) is 3.96. The fraction of sp³-hybridized carbons (Fsp3) is 0.300. The van der Waals surface area contributed by atoms with Crippen LogP contribution in [0.15, 0.2) is 36.9 Å². The monoisotopic (exact) mass is 357 g/mol. The molecule has 0 aliphatic carbocycles. The van der Waals surface area contributed by atoms with Crippen LogP contribution in [-0.4, -0.2) is 37.1 Å². The molecule has 0 saturated heterocycles. The van der Waals surface area contributed by atoms with Crippen LogP contribution in [0.5, 0.6) is 11.5 Å². The number of hydrogen-bond donors (Lipinski definition) is 0. The zero-order chi connectivity index (χ0) is 19.3. The molecule has 6 nitrogen and oxygen atoms in total. The standard InChI is InChI=1S/C20H23NO5/c1-6-9-21-13(2)10-16(14(21)3)17(22)12-26-20(23)15-7-8-18(24-4)19(11-15)25-5/h6-8,10-11H,1,9,12H2,2-5H3. The van der Waals surface area contributed by atoms with Crippen molar-refractivity contribution in [2.24, 2.45) is 0 Å². The maximum absolute atomic E-state index is 12.4. The smallest absolute Gasteiger partial charge is 0.338 e. The molecular weight excluding hydrogens is 334 g/mol. The number of methoxy groups -OCH3 is 2. The zero-order valence-corrected chi connectivity index (χ0v) is 15.5. The highest BCUT2D eigenvalue weighted by atomic mass is 16.5. The number of esters is 1. The summed E-state index contributed by atoms with van der Waals surface area (Å²) in [6.45, 7) is 7.79. The van der Waals surface area contributed by atoms with E-state index < -0.39 is 5.97 Å². The van der Waals surface area contributed by atoms with Crippen molar-refractivity contribution < 1.29 is 23.8 Å². The minimum absolute atomic E-state index is 0.248. The lowest BCUT2D eigenvalue weighted by Crippen LogP contribution is -2.15. The van der Waals surface area contributed by atoms with Crippen LogP contribution in [0.4, 0.5) is 0 Å². The summed E-state index contributed by atoms with van der Waals surface area (Å²) in [5.74, 6) is 0.0810. The first-order chi connectivity index (χ1) is 12.4. The van der Waals surface area contributed by atoms with Crippen LogP contribution in [0.2, 0.25) is 0 Å². The van der Waals surface area contributed by atoms with Gasteiger partial charge in [-0.15, -0.1) is 6.58 Å². The minimum atomic E-state index is -0.598. The Balaban J connectivity index is 2.09. The van der Waals surface area contributed by atoms with Crippen LogP contribution < -0.4 is 9.47 Å². The maximum atomic E-state index is 12.4. The number of rotatable bonds is 8. The Morgan fingerprint density at radius 1 is 1.12 bits per heavy atom. The van der Waals surface area contributed by atoms with Gasteiger partial charge in [-0.25, -0.2) is 4.79 Å². The van der Waals surface area contributed by atoms with E-state index in [1.54, 1.807) is 24.3 Å². The number of carbonyl (C=O) groups excluding carboxylic acids is 2. The van der Waals surface area contributed by atoms with Crippen molar-refractivity contribution in [1.29, 1.82) is 0 Å². The number of nitrogens with zero attached hydrogens (tertiary/aromatic N) is 1. The molecule has 26 heavy (non-hydrogen) atoms. The molecule has 1 aromatic carbocycles. The molecule has 0 bridgehead atoms. The lowest BCUT2D eigenvalue weighted by molar-refractivity contribution is 0.0474. The van der Waals surface area contributed by atoms with E-state index in [0.717, 1.165) is 11.4 Å². The first-order valence-electron chi connectivity index (χ1n) is 8.12. The minimum Gasteiger partial charge on any atom is -0.493 e. The topological polar surface area (TPSA) is 66.8 Å². The van der Waals surface area contributed by atoms with Gasteiger partial charge in [0, 0.05) is 23.5 Å². The fourth-order valence-corrected chi connectivity index (χ4v) is 2.75. The van der Waals surface area contributed by atoms with Gasteiger partial charge in [-0.3, -0.25) is 4.79 Å². The van der Waals surface area contributed by atoms with Gasteiger partial charge < -0.3 is 18.8 Å². The van der Waals surface area contributed by atoms with Gasteiger partial charge in [-0.2, -0.15) is 0 Å². The molecule has 0 unspecified atom stereocenters. The molecule has 0 amide bonds. The lowest BCUT2D eigenvalue weighted by Gasteiger charge is -2.09. The molecule has 0 fully saturated rings. The molecule has 0 radical (unpaired) electrons. The van der Waals surface area contributed by atoms with E-state index >= 15 is 0 Å². The summed E-state index contributed by atoms with van der Waals surface area (Å²) in [7, 11) is 2.99. The van der Waals surface area contributed by atoms with E-state index in [1.165, 1.54) is 20.3 Å². The van der Waals surface area contributed by atoms with Crippen molar-refractivity contribution in [2.45, 2.75) is 20.4 Å². The fourth-order valence-electron chi connectivity index (χ4n) is 2.75. The molecule has 2 rings (SSSR count). The molecular formula is C20H23NO5. The first-order valence-corrected chi connectivity index (χ1v) is 8.12. The van der Waals surface area contributed by atoms with Gasteiger partial charge in [0.25, 0.3) is 0 Å². The van der Waals surface area contributed by atoms with Crippen LogP contribution in [0.25, 0.3) is 0 Å². The van der Waals surface area contributed by atoms with Gasteiger partial charge in [0.15, 0.2) is 18.1 Å². The highest BCUT2D eigenvalue weighted by Gasteiger charge is 2.18. The zero-order valence-electron chi connectivity index (χ0n) is 15.5. The van der Waals surface area contributed by atoms with Crippen LogP contribution in [0, 0.1) is 13.8 Å². The summed E-state index contributed by atoms with van der Waals surface area (Å²) < 4.78 is 17.4. The van der Waals surface area contributed by atoms with Crippen molar-refractivity contribution >= 4 is 11.8 Å². The molecule has 6 heteroatoms. The second kappa shape index (κ2) is 8.38. The number of aromatic nitrogens is 1. The molecule has 1 heterocycles. The lowest BCUT2D eigenvalue weighted by atomic mass is 10.1. The normalized spacial score (nSPS) is 10.3. The molecule has 0 N–H and O–H groups in total. The summed E-state index contributed by atoms with van der Waals surface area (Å²) in [6, 6.07) is 6.48. The third-order valence-electron chi connectivity index (χ3n) is 4.14. The van der Waals surface area contributed by atoms with E-state index in [2.05, 4.69) is 6.58 Å². The van der Waals surface area contributed by atoms with Gasteiger partial charge >= 0.3 is 5.97 Å². The Kier molecular flexibility index (Phi) is 6.22. The SMILES string of the molecule is C=CCn1c(C)cc(C(=O)COC(=O)c2ccc(OC)c(OC)c2)c1C. The molecule has 138 valence electrons. The average molecular weight is 357 g/mol. The molecule has 1 aromatic heterocycles. The molecule has 0 aliphatic heterocycles. The third-order valence-corrected chi connectivity index (χ3v) is 4.14. The predicted octanol–water partition coefficient (Wildman–Crippen LogP) is 3.35. The number of ether oxygens (including phenoxy) is 3. The van der Waals surface area contributed by atoms with Gasteiger partial charge in [0.2, 0.25) is 5.78 Å². The Morgan fingerprint density at radius 2 is 1.81 bits per heavy atom. The quantitative estimate of drug-likeness (QED) is 0.412. The van der Waals surface area contributed by atoms with E-state index in [9.17, 15) is 9.59 Å². The van der Waals surface area contributed by atoms with E-state index in [0.29, 0.717) is 23.6 Å². The average Bonchev–Trinajstić information content (AvgIpc) is 2.93. The number of Topliss-reactive ketones (excluding diaryl/α,β-unsaturated/α-hetero) is 1. The highest BCUT2D eigenvalue weighted by Crippen LogP contribution is 2.27.